The Morgan fingerprint density at radius 2 is 2.05 bits per heavy atom. The van der Waals surface area contributed by atoms with Gasteiger partial charge < -0.3 is 15.4 Å². The van der Waals surface area contributed by atoms with Gasteiger partial charge in [0.2, 0.25) is 5.91 Å². The van der Waals surface area contributed by atoms with Crippen molar-refractivity contribution in [2.45, 2.75) is 24.8 Å². The number of hydrogen-bond donors (Lipinski definition) is 2. The van der Waals surface area contributed by atoms with Crippen molar-refractivity contribution in [3.05, 3.63) is 42.5 Å². The largest absolute Gasteiger partial charge is 0.381 e. The Kier molecular flexibility index (Phi) is 5.56. The Morgan fingerprint density at radius 3 is 2.64 bits per heavy atom. The molecule has 1 aromatic rings. The summed E-state index contributed by atoms with van der Waals surface area (Å²) < 4.78 is 5.38. The van der Waals surface area contributed by atoms with E-state index in [-0.39, 0.29) is 18.0 Å². The zero-order valence-corrected chi connectivity index (χ0v) is 12.6. The summed E-state index contributed by atoms with van der Waals surface area (Å²) >= 11 is 0. The monoisotopic (exact) mass is 299 g/mol. The molecule has 22 heavy (non-hydrogen) atoms. The highest BCUT2D eigenvalue weighted by molar-refractivity contribution is 5.81. The lowest BCUT2D eigenvalue weighted by molar-refractivity contribution is -0.122. The zero-order valence-electron chi connectivity index (χ0n) is 12.6. The van der Waals surface area contributed by atoms with Gasteiger partial charge in [-0.3, -0.25) is 4.79 Å². The van der Waals surface area contributed by atoms with Gasteiger partial charge in [-0.25, -0.2) is 0 Å². The smallest absolute Gasteiger partial charge is 0.239 e. The van der Waals surface area contributed by atoms with E-state index < -0.39 is 0 Å². The second-order valence-corrected chi connectivity index (χ2v) is 5.48. The molecular formula is C17H21N3O2. The third-order valence-corrected chi connectivity index (χ3v) is 3.86. The van der Waals surface area contributed by atoms with Crippen LogP contribution in [0.25, 0.3) is 0 Å². The van der Waals surface area contributed by atoms with Crippen LogP contribution in [0.15, 0.2) is 36.9 Å². The molecule has 1 heterocycles. The molecule has 0 spiro atoms. The lowest BCUT2D eigenvalue weighted by Gasteiger charge is -2.37. The maximum atomic E-state index is 12.2. The van der Waals surface area contributed by atoms with E-state index in [9.17, 15) is 4.79 Å². The van der Waals surface area contributed by atoms with Crippen LogP contribution in [0.4, 0.5) is 5.69 Å². The summed E-state index contributed by atoms with van der Waals surface area (Å²) in [6.07, 6.45) is 4.21. The summed E-state index contributed by atoms with van der Waals surface area (Å²) in [5, 5.41) is 14.9. The lowest BCUT2D eigenvalue weighted by atomic mass is 9.86. The number of nitrogens with zero attached hydrogens (tertiary/aromatic N) is 1. The molecule has 1 fully saturated rings. The first-order chi connectivity index (χ1) is 10.7. The van der Waals surface area contributed by atoms with Crippen molar-refractivity contribution in [1.82, 2.24) is 5.32 Å². The maximum Gasteiger partial charge on any atom is 0.239 e. The van der Waals surface area contributed by atoms with E-state index in [1.165, 1.54) is 0 Å². The van der Waals surface area contributed by atoms with E-state index in [0.717, 1.165) is 24.9 Å². The van der Waals surface area contributed by atoms with Gasteiger partial charge in [0.1, 0.15) is 0 Å². The molecule has 5 nitrogen and oxygen atoms in total. The highest BCUT2D eigenvalue weighted by atomic mass is 16.5. The molecular weight excluding hydrogens is 278 g/mol. The third-order valence-electron chi connectivity index (χ3n) is 3.86. The van der Waals surface area contributed by atoms with Gasteiger partial charge in [0.25, 0.3) is 0 Å². The summed E-state index contributed by atoms with van der Waals surface area (Å²) in [7, 11) is 0. The maximum absolute atomic E-state index is 12.2. The molecule has 0 unspecified atom stereocenters. The van der Waals surface area contributed by atoms with Crippen molar-refractivity contribution in [2.24, 2.45) is 0 Å². The average Bonchev–Trinajstić information content (AvgIpc) is 2.54. The minimum absolute atomic E-state index is 0.0480. The van der Waals surface area contributed by atoms with E-state index >= 15 is 0 Å². The van der Waals surface area contributed by atoms with Crippen LogP contribution in [0.5, 0.6) is 0 Å². The van der Waals surface area contributed by atoms with Gasteiger partial charge in [-0.15, -0.1) is 6.58 Å². The number of carbonyl (C=O) groups is 1. The minimum atomic E-state index is -0.233. The van der Waals surface area contributed by atoms with E-state index in [0.29, 0.717) is 18.8 Å². The van der Waals surface area contributed by atoms with Crippen molar-refractivity contribution in [2.75, 3.05) is 25.1 Å². The van der Waals surface area contributed by atoms with Crippen LogP contribution in [0.1, 0.15) is 24.8 Å². The van der Waals surface area contributed by atoms with Crippen molar-refractivity contribution < 1.29 is 9.53 Å². The van der Waals surface area contributed by atoms with Crippen LogP contribution in [-0.4, -0.2) is 31.2 Å². The number of ether oxygens (including phenoxy) is 1. The molecule has 116 valence electrons. The van der Waals surface area contributed by atoms with Gasteiger partial charge in [-0.1, -0.05) is 6.08 Å². The van der Waals surface area contributed by atoms with Crippen molar-refractivity contribution in [1.29, 1.82) is 5.26 Å². The molecule has 1 aliphatic rings. The zero-order chi connectivity index (χ0) is 15.8. The molecule has 2 N–H and O–H groups in total. The first kappa shape index (κ1) is 16.1. The lowest BCUT2D eigenvalue weighted by Crippen LogP contribution is -2.53. The Hall–Kier alpha value is -2.32. The number of rotatable bonds is 6. The molecule has 2 rings (SSSR count). The predicted octanol–water partition coefficient (Wildman–Crippen LogP) is 2.21. The fourth-order valence-corrected chi connectivity index (χ4v) is 2.60. The van der Waals surface area contributed by atoms with E-state index in [2.05, 4.69) is 23.3 Å². The minimum Gasteiger partial charge on any atom is -0.381 e. The van der Waals surface area contributed by atoms with E-state index in [1.807, 2.05) is 6.08 Å². The molecule has 1 saturated heterocycles. The van der Waals surface area contributed by atoms with Gasteiger partial charge in [-0.05, 0) is 43.5 Å². The van der Waals surface area contributed by atoms with Crippen molar-refractivity contribution in [3.8, 4) is 6.07 Å². The molecule has 0 atom stereocenters. The fraction of sp³-hybridized carbons (Fsp3) is 0.412. The van der Waals surface area contributed by atoms with Crippen LogP contribution in [0.2, 0.25) is 0 Å². The SMILES string of the molecule is C=CCC1(NC(=O)CNc2ccc(C#N)cc2)CCOCC1. The van der Waals surface area contributed by atoms with E-state index in [1.54, 1.807) is 24.3 Å². The molecule has 0 radical (unpaired) electrons. The Morgan fingerprint density at radius 1 is 1.36 bits per heavy atom. The Labute approximate surface area is 131 Å². The molecule has 1 aliphatic heterocycles. The van der Waals surface area contributed by atoms with Crippen LogP contribution in [0, 0.1) is 11.3 Å². The number of carbonyl (C=O) groups excluding carboxylic acids is 1. The number of amides is 1. The third kappa shape index (κ3) is 4.34. The van der Waals surface area contributed by atoms with Gasteiger partial charge in [0.05, 0.1) is 18.2 Å². The summed E-state index contributed by atoms with van der Waals surface area (Å²) in [6, 6.07) is 9.09. The van der Waals surface area contributed by atoms with Gasteiger partial charge in [-0.2, -0.15) is 5.26 Å². The molecule has 0 bridgehead atoms. The second-order valence-electron chi connectivity index (χ2n) is 5.48. The average molecular weight is 299 g/mol. The quantitative estimate of drug-likeness (QED) is 0.790. The molecule has 1 amide bonds. The number of benzene rings is 1. The molecule has 5 heteroatoms. The topological polar surface area (TPSA) is 74.2 Å². The standard InChI is InChI=1S/C17H21N3O2/c1-2-7-17(8-10-22-11-9-17)20-16(21)13-19-15-5-3-14(12-18)4-6-15/h2-6,19H,1,7-11,13H2,(H,20,21). The highest BCUT2D eigenvalue weighted by Gasteiger charge is 2.32. The first-order valence-corrected chi connectivity index (χ1v) is 7.41. The number of nitrogens with one attached hydrogen (secondary N) is 2. The number of anilines is 1. The second kappa shape index (κ2) is 7.62. The summed E-state index contributed by atoms with van der Waals surface area (Å²) in [4.78, 5) is 12.2. The van der Waals surface area contributed by atoms with Gasteiger partial charge in [0.15, 0.2) is 0 Å². The molecule has 0 aliphatic carbocycles. The van der Waals surface area contributed by atoms with Crippen molar-refractivity contribution in [3.63, 3.8) is 0 Å². The van der Waals surface area contributed by atoms with Crippen molar-refractivity contribution >= 4 is 11.6 Å². The molecule has 0 saturated carbocycles. The predicted molar refractivity (Wildman–Crippen MR) is 85.4 cm³/mol. The summed E-state index contributed by atoms with van der Waals surface area (Å²) in [6.45, 7) is 5.31. The fourth-order valence-electron chi connectivity index (χ4n) is 2.60. The Bertz CT molecular complexity index is 554. The normalized spacial score (nSPS) is 16.3. The molecule has 0 aromatic heterocycles. The van der Waals surface area contributed by atoms with Gasteiger partial charge >= 0.3 is 0 Å². The molecule has 1 aromatic carbocycles. The van der Waals surface area contributed by atoms with Crippen LogP contribution in [0.3, 0.4) is 0 Å². The van der Waals surface area contributed by atoms with Crippen LogP contribution >= 0.6 is 0 Å². The van der Waals surface area contributed by atoms with Gasteiger partial charge in [0, 0.05) is 24.4 Å². The Balaban J connectivity index is 1.88. The summed E-state index contributed by atoms with van der Waals surface area (Å²) in [5.74, 6) is -0.0480. The highest BCUT2D eigenvalue weighted by Crippen LogP contribution is 2.24. The number of hydrogen-bond acceptors (Lipinski definition) is 4. The van der Waals surface area contributed by atoms with E-state index in [4.69, 9.17) is 10.00 Å². The first-order valence-electron chi connectivity index (χ1n) is 7.41. The summed E-state index contributed by atoms with van der Waals surface area (Å²) in [5.41, 5.74) is 1.18. The number of nitriles is 1. The van der Waals surface area contributed by atoms with Crippen LogP contribution in [-0.2, 0) is 9.53 Å². The van der Waals surface area contributed by atoms with Crippen LogP contribution < -0.4 is 10.6 Å².